The van der Waals surface area contributed by atoms with E-state index in [2.05, 4.69) is 20.5 Å². The van der Waals surface area contributed by atoms with Crippen molar-refractivity contribution in [2.24, 2.45) is 4.99 Å². The normalized spacial score (nSPS) is 15.5. The van der Waals surface area contributed by atoms with Crippen LogP contribution in [0.25, 0.3) is 0 Å². The second-order valence-electron chi connectivity index (χ2n) is 7.70. The molecule has 8 nitrogen and oxygen atoms in total. The summed E-state index contributed by atoms with van der Waals surface area (Å²) in [5, 5.41) is 6.52. The van der Waals surface area contributed by atoms with Crippen molar-refractivity contribution in [3.8, 4) is 0 Å². The van der Waals surface area contributed by atoms with Gasteiger partial charge in [-0.1, -0.05) is 0 Å². The molecule has 1 aromatic rings. The second-order valence-corrected chi connectivity index (χ2v) is 7.70. The molecule has 2 N–H and O–H groups in total. The van der Waals surface area contributed by atoms with Crippen molar-refractivity contribution in [1.82, 2.24) is 15.5 Å². The predicted molar refractivity (Wildman–Crippen MR) is 124 cm³/mol. The number of guanidine groups is 1. The van der Waals surface area contributed by atoms with Crippen LogP contribution in [-0.4, -0.2) is 74.9 Å². The lowest BCUT2D eigenvalue weighted by molar-refractivity contribution is -0.154. The molecule has 1 aliphatic heterocycles. The highest BCUT2D eigenvalue weighted by atomic mass is 127. The number of hydrogen-bond acceptors (Lipinski definition) is 6. The highest BCUT2D eigenvalue weighted by Crippen LogP contribution is 2.07. The fourth-order valence-corrected chi connectivity index (χ4v) is 2.74. The summed E-state index contributed by atoms with van der Waals surface area (Å²) in [5.74, 6) is 1.40. The Morgan fingerprint density at radius 3 is 2.62 bits per heavy atom. The third-order valence-electron chi connectivity index (χ3n) is 4.08. The summed E-state index contributed by atoms with van der Waals surface area (Å²) in [5.41, 5.74) is -0.465. The van der Waals surface area contributed by atoms with Crippen molar-refractivity contribution in [1.29, 1.82) is 0 Å². The van der Waals surface area contributed by atoms with Crippen LogP contribution in [0.4, 0.5) is 0 Å². The second kappa shape index (κ2) is 13.8. The Labute approximate surface area is 190 Å². The Morgan fingerprint density at radius 2 is 1.97 bits per heavy atom. The minimum absolute atomic E-state index is 0. The molecule has 1 saturated heterocycles. The van der Waals surface area contributed by atoms with Gasteiger partial charge in [0.05, 0.1) is 32.4 Å². The molecule has 0 saturated carbocycles. The van der Waals surface area contributed by atoms with E-state index in [1.54, 1.807) is 6.26 Å². The summed E-state index contributed by atoms with van der Waals surface area (Å²) in [4.78, 5) is 18.9. The number of nitrogens with one attached hydrogen (secondary N) is 2. The molecule has 0 atom stereocenters. The van der Waals surface area contributed by atoms with Gasteiger partial charge in [0.15, 0.2) is 5.96 Å². The van der Waals surface area contributed by atoms with E-state index in [1.165, 1.54) is 0 Å². The molecule has 29 heavy (non-hydrogen) atoms. The number of rotatable bonds is 9. The Morgan fingerprint density at radius 1 is 1.24 bits per heavy atom. The van der Waals surface area contributed by atoms with Gasteiger partial charge in [-0.2, -0.15) is 0 Å². The van der Waals surface area contributed by atoms with Gasteiger partial charge in [-0.15, -0.1) is 24.0 Å². The molecule has 1 fully saturated rings. The summed E-state index contributed by atoms with van der Waals surface area (Å²) in [7, 11) is 0. The molecule has 0 bridgehead atoms. The van der Waals surface area contributed by atoms with Crippen LogP contribution in [0.15, 0.2) is 27.8 Å². The zero-order valence-corrected chi connectivity index (χ0v) is 20.1. The van der Waals surface area contributed by atoms with Gasteiger partial charge in [0, 0.05) is 39.1 Å². The minimum atomic E-state index is -0.465. The third kappa shape index (κ3) is 12.1. The lowest BCUT2D eigenvalue weighted by Crippen LogP contribution is -2.41. The maximum atomic E-state index is 11.9. The molecule has 1 aromatic heterocycles. The van der Waals surface area contributed by atoms with Crippen molar-refractivity contribution in [2.75, 3.05) is 52.5 Å². The van der Waals surface area contributed by atoms with Crippen molar-refractivity contribution in [3.05, 3.63) is 24.2 Å². The number of carbonyl (C=O) groups excluding carboxylic acids is 1. The number of aliphatic imine (C=N–C) groups is 1. The largest absolute Gasteiger partial charge is 0.469 e. The average Bonchev–Trinajstić information content (AvgIpc) is 3.14. The predicted octanol–water partition coefficient (Wildman–Crippen LogP) is 2.04. The van der Waals surface area contributed by atoms with E-state index < -0.39 is 5.60 Å². The number of nitrogens with zero attached hydrogens (tertiary/aromatic N) is 2. The zero-order valence-electron chi connectivity index (χ0n) is 17.7. The van der Waals surface area contributed by atoms with E-state index in [-0.39, 0.29) is 29.9 Å². The molecule has 2 rings (SSSR count). The summed E-state index contributed by atoms with van der Waals surface area (Å²) in [6.45, 7) is 11.8. The Hall–Kier alpha value is -1.33. The van der Waals surface area contributed by atoms with E-state index in [9.17, 15) is 4.79 Å². The summed E-state index contributed by atoms with van der Waals surface area (Å²) in [6, 6.07) is 3.83. The number of ether oxygens (including phenoxy) is 2. The number of morpholine rings is 1. The number of hydrogen-bond donors (Lipinski definition) is 2. The van der Waals surface area contributed by atoms with Crippen molar-refractivity contribution in [2.45, 2.75) is 39.2 Å². The van der Waals surface area contributed by atoms with E-state index in [0.29, 0.717) is 32.0 Å². The average molecular weight is 522 g/mol. The van der Waals surface area contributed by atoms with Crippen LogP contribution in [0.2, 0.25) is 0 Å². The molecule has 2 heterocycles. The van der Waals surface area contributed by atoms with Crippen LogP contribution in [0.5, 0.6) is 0 Å². The van der Waals surface area contributed by atoms with E-state index in [4.69, 9.17) is 13.9 Å². The SMILES string of the molecule is CC(C)(C)OC(=O)CCNC(=NCCN1CCOCC1)NCCc1ccco1.I. The van der Waals surface area contributed by atoms with Crippen molar-refractivity contribution >= 4 is 35.9 Å². The van der Waals surface area contributed by atoms with E-state index in [1.807, 2.05) is 32.9 Å². The summed E-state index contributed by atoms with van der Waals surface area (Å²) >= 11 is 0. The molecule has 0 radical (unpaired) electrons. The Balaban J connectivity index is 0.00000420. The minimum Gasteiger partial charge on any atom is -0.469 e. The van der Waals surface area contributed by atoms with Gasteiger partial charge in [-0.25, -0.2) is 0 Å². The lowest BCUT2D eigenvalue weighted by Gasteiger charge is -2.25. The van der Waals surface area contributed by atoms with Crippen LogP contribution >= 0.6 is 24.0 Å². The number of esters is 1. The fraction of sp³-hybridized carbons (Fsp3) is 0.700. The maximum Gasteiger partial charge on any atom is 0.308 e. The number of halogens is 1. The van der Waals surface area contributed by atoms with Crippen LogP contribution in [0.1, 0.15) is 33.0 Å². The smallest absolute Gasteiger partial charge is 0.308 e. The zero-order chi connectivity index (χ0) is 20.2. The van der Waals surface area contributed by atoms with Crippen molar-refractivity contribution in [3.63, 3.8) is 0 Å². The molecule has 0 amide bonds. The van der Waals surface area contributed by atoms with Gasteiger partial charge in [-0.3, -0.25) is 14.7 Å². The quantitative estimate of drug-likeness (QED) is 0.222. The van der Waals surface area contributed by atoms with Gasteiger partial charge < -0.3 is 24.5 Å². The highest BCUT2D eigenvalue weighted by Gasteiger charge is 2.16. The van der Waals surface area contributed by atoms with E-state index >= 15 is 0 Å². The van der Waals surface area contributed by atoms with E-state index in [0.717, 1.165) is 45.0 Å². The molecule has 166 valence electrons. The molecule has 9 heteroatoms. The monoisotopic (exact) mass is 522 g/mol. The standard InChI is InChI=1S/C20H34N4O4.HI/c1-20(2,3)28-18(25)7-9-22-19(21-8-6-17-5-4-14-27-17)23-10-11-24-12-15-26-16-13-24;/h4-5,14H,6-13,15-16H2,1-3H3,(H2,21,22,23);1H. The molecular weight excluding hydrogens is 487 g/mol. The third-order valence-corrected chi connectivity index (χ3v) is 4.08. The number of furan rings is 1. The Kier molecular flexibility index (Phi) is 12.2. The molecule has 0 aromatic carbocycles. The molecule has 0 aliphatic carbocycles. The first kappa shape index (κ1) is 25.7. The van der Waals surface area contributed by atoms with Crippen LogP contribution in [0.3, 0.4) is 0 Å². The van der Waals surface area contributed by atoms with Gasteiger partial charge in [-0.05, 0) is 32.9 Å². The topological polar surface area (TPSA) is 88.3 Å². The first-order valence-corrected chi connectivity index (χ1v) is 9.99. The molecule has 0 unspecified atom stereocenters. The highest BCUT2D eigenvalue weighted by molar-refractivity contribution is 14.0. The lowest BCUT2D eigenvalue weighted by atomic mass is 10.2. The fourth-order valence-electron chi connectivity index (χ4n) is 2.74. The summed E-state index contributed by atoms with van der Waals surface area (Å²) < 4.78 is 16.1. The van der Waals surface area contributed by atoms with Crippen LogP contribution in [-0.2, 0) is 20.7 Å². The van der Waals surface area contributed by atoms with Gasteiger partial charge >= 0.3 is 5.97 Å². The first-order chi connectivity index (χ1) is 13.4. The van der Waals surface area contributed by atoms with Crippen molar-refractivity contribution < 1.29 is 18.7 Å². The number of carbonyl (C=O) groups is 1. The molecule has 0 spiro atoms. The molecule has 1 aliphatic rings. The summed E-state index contributed by atoms with van der Waals surface area (Å²) in [6.07, 6.45) is 2.73. The van der Waals surface area contributed by atoms with Crippen LogP contribution in [0, 0.1) is 0 Å². The maximum absolute atomic E-state index is 11.9. The first-order valence-electron chi connectivity index (χ1n) is 9.99. The molecular formula is C20H35IN4O4. The van der Waals surface area contributed by atoms with Crippen LogP contribution < -0.4 is 10.6 Å². The van der Waals surface area contributed by atoms with Gasteiger partial charge in [0.1, 0.15) is 11.4 Å². The Bertz CT molecular complexity index is 596. The van der Waals surface area contributed by atoms with Gasteiger partial charge in [0.2, 0.25) is 0 Å². The van der Waals surface area contributed by atoms with Gasteiger partial charge in [0.25, 0.3) is 0 Å².